The Hall–Kier alpha value is -1.09. The van der Waals surface area contributed by atoms with Gasteiger partial charge in [0.25, 0.3) is 0 Å². The molecular weight excluding hydrogens is 229 g/mol. The van der Waals surface area contributed by atoms with E-state index in [2.05, 4.69) is 26.1 Å². The first-order valence-corrected chi connectivity index (χ1v) is 6.56. The standard InChI is InChI=1S/C15H24FNO/c1-11(2)9-17-10-12(3)8-13-6-5-7-14(18-4)15(13)16/h5-7,11-12,17H,8-10H2,1-4H3. The van der Waals surface area contributed by atoms with Gasteiger partial charge in [0.2, 0.25) is 0 Å². The molecule has 2 nitrogen and oxygen atoms in total. The minimum absolute atomic E-state index is 0.226. The highest BCUT2D eigenvalue weighted by atomic mass is 19.1. The van der Waals surface area contributed by atoms with Crippen molar-refractivity contribution in [1.29, 1.82) is 0 Å². The van der Waals surface area contributed by atoms with E-state index in [0.717, 1.165) is 25.1 Å². The van der Waals surface area contributed by atoms with E-state index in [9.17, 15) is 4.39 Å². The second-order valence-corrected chi connectivity index (χ2v) is 5.29. The van der Waals surface area contributed by atoms with Gasteiger partial charge in [-0.15, -0.1) is 0 Å². The third kappa shape index (κ3) is 4.65. The Kier molecular flexibility index (Phi) is 6.13. The van der Waals surface area contributed by atoms with Crippen LogP contribution in [0.25, 0.3) is 0 Å². The summed E-state index contributed by atoms with van der Waals surface area (Å²) >= 11 is 0. The Morgan fingerprint density at radius 3 is 2.56 bits per heavy atom. The number of methoxy groups -OCH3 is 1. The number of benzene rings is 1. The van der Waals surface area contributed by atoms with Crippen LogP contribution < -0.4 is 10.1 Å². The van der Waals surface area contributed by atoms with E-state index < -0.39 is 0 Å². The van der Waals surface area contributed by atoms with Crippen molar-refractivity contribution in [2.24, 2.45) is 11.8 Å². The highest BCUT2D eigenvalue weighted by molar-refractivity contribution is 5.31. The fraction of sp³-hybridized carbons (Fsp3) is 0.600. The molecule has 1 N–H and O–H groups in total. The summed E-state index contributed by atoms with van der Waals surface area (Å²) in [4.78, 5) is 0. The highest BCUT2D eigenvalue weighted by Crippen LogP contribution is 2.22. The Morgan fingerprint density at radius 1 is 1.22 bits per heavy atom. The van der Waals surface area contributed by atoms with Crippen molar-refractivity contribution in [3.05, 3.63) is 29.6 Å². The molecule has 1 rings (SSSR count). The molecule has 0 spiro atoms. The minimum Gasteiger partial charge on any atom is -0.494 e. The van der Waals surface area contributed by atoms with Gasteiger partial charge >= 0.3 is 0 Å². The van der Waals surface area contributed by atoms with Gasteiger partial charge in [-0.05, 0) is 43.0 Å². The van der Waals surface area contributed by atoms with Gasteiger partial charge in [0, 0.05) is 0 Å². The first-order chi connectivity index (χ1) is 8.54. The van der Waals surface area contributed by atoms with E-state index in [-0.39, 0.29) is 5.82 Å². The van der Waals surface area contributed by atoms with Gasteiger partial charge in [0.1, 0.15) is 0 Å². The SMILES string of the molecule is COc1cccc(CC(C)CNCC(C)C)c1F. The number of hydrogen-bond acceptors (Lipinski definition) is 2. The lowest BCUT2D eigenvalue weighted by Crippen LogP contribution is -2.26. The third-order valence-corrected chi connectivity index (χ3v) is 2.88. The summed E-state index contributed by atoms with van der Waals surface area (Å²) in [7, 11) is 1.50. The largest absolute Gasteiger partial charge is 0.494 e. The summed E-state index contributed by atoms with van der Waals surface area (Å²) < 4.78 is 18.9. The van der Waals surface area contributed by atoms with Crippen molar-refractivity contribution in [2.75, 3.05) is 20.2 Å². The number of hydrogen-bond donors (Lipinski definition) is 1. The first-order valence-electron chi connectivity index (χ1n) is 6.56. The number of rotatable bonds is 7. The first kappa shape index (κ1) is 15.0. The molecule has 1 atom stereocenters. The number of halogens is 1. The average Bonchev–Trinajstić information content (AvgIpc) is 2.31. The fourth-order valence-electron chi connectivity index (χ4n) is 1.94. The maximum Gasteiger partial charge on any atom is 0.168 e. The maximum atomic E-state index is 13.9. The molecule has 0 bridgehead atoms. The molecular formula is C15H24FNO. The smallest absolute Gasteiger partial charge is 0.168 e. The molecule has 1 unspecified atom stereocenters. The van der Waals surface area contributed by atoms with Gasteiger partial charge in [-0.2, -0.15) is 0 Å². The predicted octanol–water partition coefficient (Wildman–Crippen LogP) is 3.26. The fourth-order valence-corrected chi connectivity index (χ4v) is 1.94. The van der Waals surface area contributed by atoms with E-state index >= 15 is 0 Å². The van der Waals surface area contributed by atoms with Gasteiger partial charge in [-0.3, -0.25) is 0 Å². The van der Waals surface area contributed by atoms with Crippen LogP contribution in [-0.2, 0) is 6.42 Å². The molecule has 0 radical (unpaired) electrons. The average molecular weight is 253 g/mol. The van der Waals surface area contributed by atoms with Crippen LogP contribution in [0.4, 0.5) is 4.39 Å². The maximum absolute atomic E-state index is 13.9. The van der Waals surface area contributed by atoms with Crippen molar-refractivity contribution in [3.63, 3.8) is 0 Å². The minimum atomic E-state index is -0.226. The number of ether oxygens (including phenoxy) is 1. The summed E-state index contributed by atoms with van der Waals surface area (Å²) in [5.74, 6) is 1.15. The molecule has 0 aromatic heterocycles. The molecule has 0 aliphatic heterocycles. The van der Waals surface area contributed by atoms with Crippen LogP contribution in [0.2, 0.25) is 0 Å². The molecule has 0 amide bonds. The van der Waals surface area contributed by atoms with Crippen LogP contribution >= 0.6 is 0 Å². The van der Waals surface area contributed by atoms with E-state index in [1.165, 1.54) is 7.11 Å². The van der Waals surface area contributed by atoms with Crippen LogP contribution in [0.5, 0.6) is 5.75 Å². The van der Waals surface area contributed by atoms with Crippen LogP contribution in [0, 0.1) is 17.7 Å². The molecule has 102 valence electrons. The zero-order valence-electron chi connectivity index (χ0n) is 11.8. The van der Waals surface area contributed by atoms with Crippen molar-refractivity contribution in [1.82, 2.24) is 5.32 Å². The monoisotopic (exact) mass is 253 g/mol. The molecule has 18 heavy (non-hydrogen) atoms. The molecule has 0 fully saturated rings. The Morgan fingerprint density at radius 2 is 1.94 bits per heavy atom. The summed E-state index contributed by atoms with van der Waals surface area (Å²) in [5, 5.41) is 3.40. The molecule has 0 aliphatic carbocycles. The molecule has 0 saturated heterocycles. The topological polar surface area (TPSA) is 21.3 Å². The second kappa shape index (κ2) is 7.37. The third-order valence-electron chi connectivity index (χ3n) is 2.88. The Bertz CT molecular complexity index is 366. The van der Waals surface area contributed by atoms with Crippen molar-refractivity contribution in [2.45, 2.75) is 27.2 Å². The van der Waals surface area contributed by atoms with Gasteiger partial charge in [0.05, 0.1) is 7.11 Å². The van der Waals surface area contributed by atoms with Crippen LogP contribution in [0.15, 0.2) is 18.2 Å². The van der Waals surface area contributed by atoms with Crippen LogP contribution in [0.1, 0.15) is 26.3 Å². The predicted molar refractivity (Wildman–Crippen MR) is 73.5 cm³/mol. The normalized spacial score (nSPS) is 12.8. The van der Waals surface area contributed by atoms with E-state index in [1.54, 1.807) is 6.07 Å². The molecule has 0 heterocycles. The van der Waals surface area contributed by atoms with Gasteiger partial charge in [-0.1, -0.05) is 32.9 Å². The van der Waals surface area contributed by atoms with Crippen molar-refractivity contribution < 1.29 is 9.13 Å². The van der Waals surface area contributed by atoms with Gasteiger partial charge in [0.15, 0.2) is 11.6 Å². The summed E-state index contributed by atoms with van der Waals surface area (Å²) in [6, 6.07) is 5.32. The molecule has 3 heteroatoms. The van der Waals surface area contributed by atoms with Gasteiger partial charge in [-0.25, -0.2) is 4.39 Å². The molecule has 0 saturated carbocycles. The second-order valence-electron chi connectivity index (χ2n) is 5.29. The zero-order valence-corrected chi connectivity index (χ0v) is 11.8. The quantitative estimate of drug-likeness (QED) is 0.805. The van der Waals surface area contributed by atoms with E-state index in [4.69, 9.17) is 4.74 Å². The van der Waals surface area contributed by atoms with Crippen molar-refractivity contribution in [3.8, 4) is 5.75 Å². The molecule has 0 aliphatic rings. The lowest BCUT2D eigenvalue weighted by atomic mass is 10.00. The molecule has 1 aromatic rings. The zero-order chi connectivity index (χ0) is 13.5. The summed E-state index contributed by atoms with van der Waals surface area (Å²) in [5.41, 5.74) is 0.730. The van der Waals surface area contributed by atoms with E-state index in [0.29, 0.717) is 17.6 Å². The highest BCUT2D eigenvalue weighted by Gasteiger charge is 2.11. The Labute approximate surface area is 110 Å². The van der Waals surface area contributed by atoms with Crippen LogP contribution in [0.3, 0.4) is 0 Å². The molecule has 1 aromatic carbocycles. The van der Waals surface area contributed by atoms with Gasteiger partial charge < -0.3 is 10.1 Å². The summed E-state index contributed by atoms with van der Waals surface area (Å²) in [6.07, 6.45) is 0.730. The van der Waals surface area contributed by atoms with E-state index in [1.807, 2.05) is 12.1 Å². The van der Waals surface area contributed by atoms with Crippen LogP contribution in [-0.4, -0.2) is 20.2 Å². The summed E-state index contributed by atoms with van der Waals surface area (Å²) in [6.45, 7) is 8.41. The lowest BCUT2D eigenvalue weighted by Gasteiger charge is -2.15. The van der Waals surface area contributed by atoms with Crippen molar-refractivity contribution >= 4 is 0 Å². The lowest BCUT2D eigenvalue weighted by molar-refractivity contribution is 0.381. The number of nitrogens with one attached hydrogen (secondary N) is 1. The Balaban J connectivity index is 2.51.